The van der Waals surface area contributed by atoms with Gasteiger partial charge < -0.3 is 10.1 Å². The molecule has 0 aliphatic carbocycles. The first-order chi connectivity index (χ1) is 7.17. The number of ether oxygens (including phenoxy) is 1. The summed E-state index contributed by atoms with van der Waals surface area (Å²) in [6.07, 6.45) is 0.924. The maximum Gasteiger partial charge on any atom is 0.106 e. The molecule has 0 aromatic rings. The van der Waals surface area contributed by atoms with Gasteiger partial charge in [-0.1, -0.05) is 34.3 Å². The number of hydrogen-bond donors (Lipinski definition) is 1. The maximum absolute atomic E-state index is 6.36. The van der Waals surface area contributed by atoms with Crippen LogP contribution in [0.3, 0.4) is 0 Å². The molecule has 2 nitrogen and oxygen atoms in total. The average molecular weight is 223 g/mol. The normalized spacial score (nSPS) is 15.6. The first kappa shape index (κ1) is 15.6. The van der Waals surface area contributed by atoms with E-state index in [0.29, 0.717) is 17.7 Å². The van der Waals surface area contributed by atoms with Crippen LogP contribution in [-0.4, -0.2) is 25.4 Å². The van der Waals surface area contributed by atoms with Crippen LogP contribution in [0.4, 0.5) is 0 Å². The van der Waals surface area contributed by atoms with Crippen molar-refractivity contribution < 1.29 is 4.74 Å². The van der Waals surface area contributed by atoms with Gasteiger partial charge in [-0.3, -0.25) is 0 Å². The molecule has 0 rings (SSSR count). The molecule has 2 radical (unpaired) electrons. The van der Waals surface area contributed by atoms with Gasteiger partial charge in [-0.25, -0.2) is 0 Å². The summed E-state index contributed by atoms with van der Waals surface area (Å²) in [4.78, 5) is 0. The first-order valence-electron chi connectivity index (χ1n) is 6.10. The van der Waals surface area contributed by atoms with Crippen molar-refractivity contribution in [1.29, 1.82) is 0 Å². The van der Waals surface area contributed by atoms with Crippen LogP contribution in [0.25, 0.3) is 0 Å². The molecule has 1 N–H and O–H groups in total. The summed E-state index contributed by atoms with van der Waals surface area (Å²) in [5.74, 6) is 1.12. The maximum atomic E-state index is 6.36. The molecule has 0 saturated heterocycles. The van der Waals surface area contributed by atoms with Crippen LogP contribution >= 0.6 is 0 Å². The third-order valence-corrected chi connectivity index (χ3v) is 2.15. The van der Waals surface area contributed by atoms with Crippen molar-refractivity contribution in [3.05, 3.63) is 12.3 Å². The Morgan fingerprint density at radius 3 is 2.06 bits per heavy atom. The van der Waals surface area contributed by atoms with E-state index in [-0.39, 0.29) is 6.10 Å². The largest absolute Gasteiger partial charge is 0.495 e. The summed E-state index contributed by atoms with van der Waals surface area (Å²) in [6.45, 7) is 16.4. The molecule has 0 unspecified atom stereocenters. The van der Waals surface area contributed by atoms with Crippen molar-refractivity contribution in [2.45, 2.75) is 65.5 Å². The molecule has 0 spiro atoms. The van der Waals surface area contributed by atoms with Crippen LogP contribution in [0.15, 0.2) is 12.3 Å². The molecule has 0 aromatic heterocycles. The van der Waals surface area contributed by atoms with Gasteiger partial charge in [-0.15, -0.1) is 0 Å². The minimum Gasteiger partial charge on any atom is -0.495 e. The lowest BCUT2D eigenvalue weighted by atomic mass is 9.70. The number of rotatable bonds is 7. The SMILES string of the molecule is [B][C@@](CC(C)C)(NC(C)C)C(=C)OC(C)C. The van der Waals surface area contributed by atoms with Crippen molar-refractivity contribution >= 4 is 7.85 Å². The first-order valence-corrected chi connectivity index (χ1v) is 6.10. The fourth-order valence-electron chi connectivity index (χ4n) is 1.80. The Labute approximate surface area is 102 Å². The molecule has 0 aromatic carbocycles. The van der Waals surface area contributed by atoms with Crippen LogP contribution in [0.5, 0.6) is 0 Å². The monoisotopic (exact) mass is 223 g/mol. The lowest BCUT2D eigenvalue weighted by Crippen LogP contribution is -2.52. The zero-order valence-corrected chi connectivity index (χ0v) is 11.6. The van der Waals surface area contributed by atoms with E-state index >= 15 is 0 Å². The van der Waals surface area contributed by atoms with Gasteiger partial charge in [0, 0.05) is 11.5 Å². The van der Waals surface area contributed by atoms with Crippen LogP contribution in [0.1, 0.15) is 48.0 Å². The summed E-state index contributed by atoms with van der Waals surface area (Å²) in [5.41, 5.74) is -0.632. The molecule has 0 fully saturated rings. The van der Waals surface area contributed by atoms with Crippen molar-refractivity contribution in [2.24, 2.45) is 5.92 Å². The van der Waals surface area contributed by atoms with Gasteiger partial charge in [0.25, 0.3) is 0 Å². The van der Waals surface area contributed by atoms with Crippen molar-refractivity contribution in [3.63, 3.8) is 0 Å². The highest BCUT2D eigenvalue weighted by Crippen LogP contribution is 2.23. The van der Waals surface area contributed by atoms with Gasteiger partial charge in [0.05, 0.1) is 11.9 Å². The summed E-state index contributed by atoms with van der Waals surface area (Å²) >= 11 is 0. The standard InChI is InChI=1S/C13H26BNO/c1-9(2)8-13(14,15-10(3)4)12(7)16-11(5)6/h9-11,15H,7-8H2,1-6H3/t13-/m0/s1. The van der Waals surface area contributed by atoms with Gasteiger partial charge in [-0.05, 0) is 26.2 Å². The van der Waals surface area contributed by atoms with Crippen LogP contribution < -0.4 is 5.32 Å². The van der Waals surface area contributed by atoms with Crippen LogP contribution in [0.2, 0.25) is 0 Å². The van der Waals surface area contributed by atoms with E-state index in [1.807, 2.05) is 13.8 Å². The van der Waals surface area contributed by atoms with E-state index < -0.39 is 5.44 Å². The Kier molecular flexibility index (Phi) is 6.16. The highest BCUT2D eigenvalue weighted by atomic mass is 16.5. The molecule has 3 heteroatoms. The molecule has 0 aliphatic rings. The molecule has 0 heterocycles. The summed E-state index contributed by atoms with van der Waals surface area (Å²) in [5, 5.41) is 3.35. The molecule has 0 saturated carbocycles. The second-order valence-electron chi connectivity index (χ2n) is 5.46. The summed E-state index contributed by atoms with van der Waals surface area (Å²) in [6, 6.07) is 0.302. The quantitative estimate of drug-likeness (QED) is 0.529. The van der Waals surface area contributed by atoms with E-state index in [1.54, 1.807) is 0 Å². The Hall–Kier alpha value is -0.435. The van der Waals surface area contributed by atoms with Crippen molar-refractivity contribution in [2.75, 3.05) is 0 Å². The molecular formula is C13H26BNO. The van der Waals surface area contributed by atoms with Crippen molar-refractivity contribution in [1.82, 2.24) is 5.32 Å². The smallest absolute Gasteiger partial charge is 0.106 e. The minimum atomic E-state index is -0.632. The number of nitrogens with one attached hydrogen (secondary N) is 1. The van der Waals surface area contributed by atoms with Crippen LogP contribution in [0, 0.1) is 5.92 Å². The highest BCUT2D eigenvalue weighted by Gasteiger charge is 2.30. The molecule has 1 atom stereocenters. The second-order valence-corrected chi connectivity index (χ2v) is 5.46. The Balaban J connectivity index is 4.69. The van der Waals surface area contributed by atoms with Gasteiger partial charge in [0.15, 0.2) is 0 Å². The van der Waals surface area contributed by atoms with Gasteiger partial charge in [0.1, 0.15) is 7.85 Å². The predicted molar refractivity (Wildman–Crippen MR) is 71.6 cm³/mol. The lowest BCUT2D eigenvalue weighted by Gasteiger charge is -2.37. The third-order valence-electron chi connectivity index (χ3n) is 2.15. The molecule has 0 amide bonds. The lowest BCUT2D eigenvalue weighted by molar-refractivity contribution is 0.112. The van der Waals surface area contributed by atoms with Gasteiger partial charge in [0.2, 0.25) is 0 Å². The molecule has 0 aliphatic heterocycles. The summed E-state index contributed by atoms with van der Waals surface area (Å²) in [7, 11) is 6.36. The topological polar surface area (TPSA) is 21.3 Å². The van der Waals surface area contributed by atoms with Crippen molar-refractivity contribution in [3.8, 4) is 0 Å². The van der Waals surface area contributed by atoms with E-state index in [4.69, 9.17) is 12.6 Å². The van der Waals surface area contributed by atoms with E-state index in [1.165, 1.54) is 0 Å². The molecule has 0 bridgehead atoms. The Morgan fingerprint density at radius 1 is 1.25 bits per heavy atom. The zero-order chi connectivity index (χ0) is 12.9. The molecular weight excluding hydrogens is 197 g/mol. The fraction of sp³-hybridized carbons (Fsp3) is 0.846. The van der Waals surface area contributed by atoms with E-state index in [9.17, 15) is 0 Å². The van der Waals surface area contributed by atoms with Gasteiger partial charge in [-0.2, -0.15) is 0 Å². The summed E-state index contributed by atoms with van der Waals surface area (Å²) < 4.78 is 5.64. The van der Waals surface area contributed by atoms with Gasteiger partial charge >= 0.3 is 0 Å². The zero-order valence-electron chi connectivity index (χ0n) is 11.6. The average Bonchev–Trinajstić information content (AvgIpc) is 1.98. The second kappa shape index (κ2) is 6.34. The van der Waals surface area contributed by atoms with E-state index in [0.717, 1.165) is 6.42 Å². The molecule has 16 heavy (non-hydrogen) atoms. The fourth-order valence-corrected chi connectivity index (χ4v) is 1.80. The predicted octanol–water partition coefficient (Wildman–Crippen LogP) is 2.83. The van der Waals surface area contributed by atoms with Crippen LogP contribution in [-0.2, 0) is 4.74 Å². The highest BCUT2D eigenvalue weighted by molar-refractivity contribution is 6.17. The number of hydrogen-bond acceptors (Lipinski definition) is 2. The third kappa shape index (κ3) is 5.59. The molecule has 92 valence electrons. The van der Waals surface area contributed by atoms with E-state index in [2.05, 4.69) is 39.6 Å². The Morgan fingerprint density at radius 2 is 1.75 bits per heavy atom. The Bertz CT molecular complexity index is 214. The minimum absolute atomic E-state index is 0.108.